The van der Waals surface area contributed by atoms with Gasteiger partial charge in [-0.1, -0.05) is 6.42 Å². The van der Waals surface area contributed by atoms with Crippen molar-refractivity contribution in [2.24, 2.45) is 11.8 Å². The van der Waals surface area contributed by atoms with Crippen LogP contribution in [0.2, 0.25) is 0 Å². The van der Waals surface area contributed by atoms with Crippen molar-refractivity contribution in [1.82, 2.24) is 15.3 Å². The highest BCUT2D eigenvalue weighted by Gasteiger charge is 2.40. The predicted molar refractivity (Wildman–Crippen MR) is 123 cm³/mol. The lowest BCUT2D eigenvalue weighted by Crippen LogP contribution is -2.47. The molecule has 8 nitrogen and oxygen atoms in total. The van der Waals surface area contributed by atoms with Gasteiger partial charge in [-0.25, -0.2) is 22.8 Å². The number of amides is 1. The zero-order chi connectivity index (χ0) is 23.2. The summed E-state index contributed by atoms with van der Waals surface area (Å²) in [4.78, 5) is 25.4. The first-order valence-electron chi connectivity index (χ1n) is 11.4. The SMILES string of the molecule is CS(=O)(=O)c1ccc(N2CCN(c3nccc(C(=O)NC4CC5CCC4C5)n3)CC2)c(F)c1. The van der Waals surface area contributed by atoms with E-state index in [4.69, 9.17) is 0 Å². The van der Waals surface area contributed by atoms with Gasteiger partial charge in [0.25, 0.3) is 5.91 Å². The first kappa shape index (κ1) is 22.1. The number of hydrogen-bond acceptors (Lipinski definition) is 7. The van der Waals surface area contributed by atoms with E-state index in [0.29, 0.717) is 49.4 Å². The highest BCUT2D eigenvalue weighted by atomic mass is 32.2. The largest absolute Gasteiger partial charge is 0.366 e. The Kier molecular flexibility index (Phi) is 5.72. The van der Waals surface area contributed by atoms with Gasteiger partial charge in [0.1, 0.15) is 11.5 Å². The Morgan fingerprint density at radius 2 is 1.85 bits per heavy atom. The molecule has 5 rings (SSSR count). The van der Waals surface area contributed by atoms with E-state index in [1.165, 1.54) is 31.4 Å². The molecule has 176 valence electrons. The number of halogens is 1. The minimum Gasteiger partial charge on any atom is -0.366 e. The summed E-state index contributed by atoms with van der Waals surface area (Å²) < 4.78 is 37.9. The number of aromatic nitrogens is 2. The van der Waals surface area contributed by atoms with E-state index in [1.54, 1.807) is 12.3 Å². The van der Waals surface area contributed by atoms with E-state index in [0.717, 1.165) is 24.7 Å². The third-order valence-corrected chi connectivity index (χ3v) is 8.29. The standard InChI is InChI=1S/C23H28FN5O3S/c1-33(31,32)17-4-5-21(18(24)14-17)28-8-10-29(11-9-28)23-25-7-6-19(27-23)22(30)26-20-13-15-2-3-16(20)12-15/h4-7,14-16,20H,2-3,8-13H2,1H3,(H,26,30). The Hall–Kier alpha value is -2.75. The zero-order valence-electron chi connectivity index (χ0n) is 18.6. The quantitative estimate of drug-likeness (QED) is 0.712. The highest BCUT2D eigenvalue weighted by Crippen LogP contribution is 2.44. The van der Waals surface area contributed by atoms with E-state index in [1.807, 2.05) is 9.80 Å². The normalized spacial score (nSPS) is 24.8. The molecule has 33 heavy (non-hydrogen) atoms. The fraction of sp³-hybridized carbons (Fsp3) is 0.522. The number of hydrogen-bond donors (Lipinski definition) is 1. The summed E-state index contributed by atoms with van der Waals surface area (Å²) in [6.07, 6.45) is 7.44. The minimum absolute atomic E-state index is 0.0312. The molecule has 2 bridgehead atoms. The molecule has 1 aromatic carbocycles. The number of sulfone groups is 1. The fourth-order valence-electron chi connectivity index (χ4n) is 5.41. The number of fused-ring (bicyclic) bond motifs is 2. The van der Waals surface area contributed by atoms with Gasteiger partial charge in [0.05, 0.1) is 10.6 Å². The van der Waals surface area contributed by atoms with Crippen molar-refractivity contribution in [1.29, 1.82) is 0 Å². The molecule has 3 unspecified atom stereocenters. The molecule has 2 heterocycles. The number of piperazine rings is 1. The second-order valence-electron chi connectivity index (χ2n) is 9.36. The number of rotatable bonds is 5. The molecule has 3 fully saturated rings. The van der Waals surface area contributed by atoms with Gasteiger partial charge >= 0.3 is 0 Å². The van der Waals surface area contributed by atoms with Crippen molar-refractivity contribution in [3.8, 4) is 0 Å². The van der Waals surface area contributed by atoms with Crippen molar-refractivity contribution < 1.29 is 17.6 Å². The van der Waals surface area contributed by atoms with Crippen LogP contribution in [-0.4, -0.2) is 62.8 Å². The molecule has 0 radical (unpaired) electrons. The number of benzene rings is 1. The van der Waals surface area contributed by atoms with Crippen LogP contribution in [-0.2, 0) is 9.84 Å². The van der Waals surface area contributed by atoms with Crippen LogP contribution in [0.3, 0.4) is 0 Å². The monoisotopic (exact) mass is 473 g/mol. The van der Waals surface area contributed by atoms with Crippen LogP contribution < -0.4 is 15.1 Å². The van der Waals surface area contributed by atoms with Crippen LogP contribution in [0, 0.1) is 17.7 Å². The second-order valence-corrected chi connectivity index (χ2v) is 11.4. The van der Waals surface area contributed by atoms with E-state index in [9.17, 15) is 17.6 Å². The highest BCUT2D eigenvalue weighted by molar-refractivity contribution is 7.90. The maximum Gasteiger partial charge on any atom is 0.270 e. The maximum absolute atomic E-state index is 14.6. The van der Waals surface area contributed by atoms with Gasteiger partial charge in [-0.3, -0.25) is 4.79 Å². The summed E-state index contributed by atoms with van der Waals surface area (Å²) >= 11 is 0. The summed E-state index contributed by atoms with van der Waals surface area (Å²) in [5.74, 6) is 1.14. The van der Waals surface area contributed by atoms with E-state index in [-0.39, 0.29) is 16.8 Å². The lowest BCUT2D eigenvalue weighted by molar-refractivity contribution is 0.0917. The first-order valence-corrected chi connectivity index (χ1v) is 13.3. The van der Waals surface area contributed by atoms with Gasteiger partial charge in [-0.15, -0.1) is 0 Å². The zero-order valence-corrected chi connectivity index (χ0v) is 19.4. The first-order chi connectivity index (χ1) is 15.8. The van der Waals surface area contributed by atoms with Crippen molar-refractivity contribution in [3.63, 3.8) is 0 Å². The molecule has 3 atom stereocenters. The van der Waals surface area contributed by atoms with Crippen LogP contribution in [0.15, 0.2) is 35.4 Å². The van der Waals surface area contributed by atoms with Crippen LogP contribution in [0.4, 0.5) is 16.0 Å². The third kappa shape index (κ3) is 4.53. The molecule has 3 aliphatic rings. The van der Waals surface area contributed by atoms with Crippen molar-refractivity contribution >= 4 is 27.4 Å². The third-order valence-electron chi connectivity index (χ3n) is 7.18. The number of carbonyl (C=O) groups excluding carboxylic acids is 1. The molecule has 10 heteroatoms. The summed E-state index contributed by atoms with van der Waals surface area (Å²) in [7, 11) is -3.46. The number of nitrogens with one attached hydrogen (secondary N) is 1. The Balaban J connectivity index is 1.22. The topological polar surface area (TPSA) is 95.5 Å². The lowest BCUT2D eigenvalue weighted by atomic mass is 9.95. The molecule has 2 saturated carbocycles. The number of nitrogens with zero attached hydrogens (tertiary/aromatic N) is 4. The molecule has 1 aliphatic heterocycles. The summed E-state index contributed by atoms with van der Waals surface area (Å²) in [6, 6.07) is 5.90. The average Bonchev–Trinajstić information content (AvgIpc) is 3.42. The molecular formula is C23H28FN5O3S. The van der Waals surface area contributed by atoms with Gasteiger partial charge in [0, 0.05) is 44.7 Å². The van der Waals surface area contributed by atoms with Gasteiger partial charge in [0.15, 0.2) is 9.84 Å². The van der Waals surface area contributed by atoms with Crippen LogP contribution in [0.1, 0.15) is 36.2 Å². The average molecular weight is 474 g/mol. The van der Waals surface area contributed by atoms with Crippen LogP contribution >= 0.6 is 0 Å². The van der Waals surface area contributed by atoms with E-state index in [2.05, 4.69) is 15.3 Å². The summed E-state index contributed by atoms with van der Waals surface area (Å²) in [6.45, 7) is 2.18. The molecule has 1 saturated heterocycles. The fourth-order valence-corrected chi connectivity index (χ4v) is 6.05. The second kappa shape index (κ2) is 8.55. The molecule has 0 spiro atoms. The van der Waals surface area contributed by atoms with Crippen LogP contribution in [0.5, 0.6) is 0 Å². The van der Waals surface area contributed by atoms with Gasteiger partial charge in [0.2, 0.25) is 5.95 Å². The van der Waals surface area contributed by atoms with Gasteiger partial charge < -0.3 is 15.1 Å². The van der Waals surface area contributed by atoms with Crippen molar-refractivity contribution in [3.05, 3.63) is 42.0 Å². The molecule has 2 aromatic rings. The Bertz CT molecular complexity index is 1170. The minimum atomic E-state index is -3.46. The smallest absolute Gasteiger partial charge is 0.270 e. The summed E-state index contributed by atoms with van der Waals surface area (Å²) in [5.41, 5.74) is 0.745. The molecule has 1 amide bonds. The Morgan fingerprint density at radius 3 is 2.48 bits per heavy atom. The Morgan fingerprint density at radius 1 is 1.09 bits per heavy atom. The number of anilines is 2. The molecule has 2 aliphatic carbocycles. The van der Waals surface area contributed by atoms with E-state index < -0.39 is 15.7 Å². The molecule has 1 aromatic heterocycles. The van der Waals surface area contributed by atoms with Crippen molar-refractivity contribution in [2.45, 2.75) is 36.6 Å². The summed E-state index contributed by atoms with van der Waals surface area (Å²) in [5, 5.41) is 3.17. The molecule has 1 N–H and O–H groups in total. The van der Waals surface area contributed by atoms with Crippen molar-refractivity contribution in [2.75, 3.05) is 42.2 Å². The number of carbonyl (C=O) groups is 1. The van der Waals surface area contributed by atoms with Crippen LogP contribution in [0.25, 0.3) is 0 Å². The van der Waals surface area contributed by atoms with Gasteiger partial charge in [-0.05, 0) is 55.4 Å². The maximum atomic E-state index is 14.6. The molecular weight excluding hydrogens is 445 g/mol. The lowest BCUT2D eigenvalue weighted by Gasteiger charge is -2.36. The Labute approximate surface area is 193 Å². The van der Waals surface area contributed by atoms with Gasteiger partial charge in [-0.2, -0.15) is 0 Å². The predicted octanol–water partition coefficient (Wildman–Crippen LogP) is 2.26. The van der Waals surface area contributed by atoms with E-state index >= 15 is 0 Å².